The summed E-state index contributed by atoms with van der Waals surface area (Å²) in [7, 11) is 1.70. The molecule has 1 saturated heterocycles. The Morgan fingerprint density at radius 3 is 2.67 bits per heavy atom. The first kappa shape index (κ1) is 12.9. The first-order valence-electron chi connectivity index (χ1n) is 5.75. The van der Waals surface area contributed by atoms with Gasteiger partial charge in [0.05, 0.1) is 17.8 Å². The number of rotatable bonds is 4. The molecule has 1 heterocycles. The first-order chi connectivity index (χ1) is 6.90. The van der Waals surface area contributed by atoms with Gasteiger partial charge in [0.25, 0.3) is 0 Å². The minimum atomic E-state index is -0.583. The highest BCUT2D eigenvalue weighted by Crippen LogP contribution is 2.38. The van der Waals surface area contributed by atoms with E-state index in [9.17, 15) is 5.11 Å². The molecular weight excluding hydrogens is 192 g/mol. The summed E-state index contributed by atoms with van der Waals surface area (Å²) in [4.78, 5) is 0. The fraction of sp³-hybridized carbons (Fsp3) is 1.00. The van der Waals surface area contributed by atoms with E-state index in [2.05, 4.69) is 6.92 Å². The van der Waals surface area contributed by atoms with Crippen LogP contribution >= 0.6 is 0 Å². The number of hydrogen-bond donors (Lipinski definition) is 1. The van der Waals surface area contributed by atoms with Crippen molar-refractivity contribution in [1.29, 1.82) is 0 Å². The Hall–Kier alpha value is -0.120. The largest absolute Gasteiger partial charge is 0.389 e. The number of aliphatic hydroxyl groups is 1. The van der Waals surface area contributed by atoms with E-state index in [-0.39, 0.29) is 11.5 Å². The molecule has 90 valence electrons. The summed E-state index contributed by atoms with van der Waals surface area (Å²) in [6.45, 7) is 7.55. The van der Waals surface area contributed by atoms with Crippen molar-refractivity contribution in [1.82, 2.24) is 0 Å². The molecule has 0 radical (unpaired) electrons. The fourth-order valence-corrected chi connectivity index (χ4v) is 2.36. The second-order valence-electron chi connectivity index (χ2n) is 5.32. The van der Waals surface area contributed by atoms with Gasteiger partial charge in [0.2, 0.25) is 0 Å². The summed E-state index contributed by atoms with van der Waals surface area (Å²) < 4.78 is 10.7. The summed E-state index contributed by atoms with van der Waals surface area (Å²) in [5, 5.41) is 10.6. The highest BCUT2D eigenvalue weighted by atomic mass is 16.5. The van der Waals surface area contributed by atoms with E-state index in [4.69, 9.17) is 9.47 Å². The molecule has 0 aromatic heterocycles. The Bertz CT molecular complexity index is 203. The summed E-state index contributed by atoms with van der Waals surface area (Å²) in [6.07, 6.45) is 2.36. The van der Waals surface area contributed by atoms with E-state index in [1.165, 1.54) is 0 Å². The quantitative estimate of drug-likeness (QED) is 0.781. The van der Waals surface area contributed by atoms with Crippen molar-refractivity contribution in [2.75, 3.05) is 20.3 Å². The van der Waals surface area contributed by atoms with Crippen LogP contribution in [0, 0.1) is 5.92 Å². The average molecular weight is 216 g/mol. The molecule has 3 nitrogen and oxygen atoms in total. The molecule has 1 rings (SSSR count). The van der Waals surface area contributed by atoms with E-state index in [0.717, 1.165) is 12.8 Å². The Morgan fingerprint density at radius 1 is 1.47 bits per heavy atom. The molecule has 0 aromatic rings. The molecule has 1 fully saturated rings. The lowest BCUT2D eigenvalue weighted by Crippen LogP contribution is -2.49. The van der Waals surface area contributed by atoms with Crippen molar-refractivity contribution >= 4 is 0 Å². The third-order valence-corrected chi connectivity index (χ3v) is 3.43. The zero-order chi connectivity index (χ0) is 11.5. The molecule has 0 bridgehead atoms. The van der Waals surface area contributed by atoms with Crippen LogP contribution in [0.2, 0.25) is 0 Å². The van der Waals surface area contributed by atoms with Crippen LogP contribution in [-0.2, 0) is 9.47 Å². The first-order valence-corrected chi connectivity index (χ1v) is 5.75. The maximum Gasteiger partial charge on any atom is 0.0723 e. The van der Waals surface area contributed by atoms with Crippen LogP contribution in [0.25, 0.3) is 0 Å². The highest BCUT2D eigenvalue weighted by Gasteiger charge is 2.42. The van der Waals surface area contributed by atoms with E-state index in [0.29, 0.717) is 19.6 Å². The van der Waals surface area contributed by atoms with Gasteiger partial charge in [-0.1, -0.05) is 6.92 Å². The zero-order valence-corrected chi connectivity index (χ0v) is 10.4. The molecule has 0 saturated carbocycles. The van der Waals surface area contributed by atoms with Gasteiger partial charge in [0.1, 0.15) is 0 Å². The summed E-state index contributed by atoms with van der Waals surface area (Å²) in [6, 6.07) is 0. The van der Waals surface area contributed by atoms with E-state index in [1.807, 2.05) is 13.8 Å². The molecule has 15 heavy (non-hydrogen) atoms. The van der Waals surface area contributed by atoms with Crippen molar-refractivity contribution in [2.45, 2.75) is 51.2 Å². The van der Waals surface area contributed by atoms with Crippen molar-refractivity contribution in [3.63, 3.8) is 0 Å². The Balaban J connectivity index is 2.56. The maximum absolute atomic E-state index is 10.6. The number of hydrogen-bond acceptors (Lipinski definition) is 3. The van der Waals surface area contributed by atoms with Gasteiger partial charge in [-0.05, 0) is 32.6 Å². The third-order valence-electron chi connectivity index (χ3n) is 3.43. The Labute approximate surface area is 92.8 Å². The molecular formula is C12H24O3. The lowest BCUT2D eigenvalue weighted by Gasteiger charge is -2.44. The van der Waals surface area contributed by atoms with Gasteiger partial charge >= 0.3 is 0 Å². The van der Waals surface area contributed by atoms with Crippen LogP contribution in [0.3, 0.4) is 0 Å². The van der Waals surface area contributed by atoms with E-state index in [1.54, 1.807) is 7.11 Å². The van der Waals surface area contributed by atoms with Crippen LogP contribution in [0.4, 0.5) is 0 Å². The number of methoxy groups -OCH3 is 1. The van der Waals surface area contributed by atoms with Crippen molar-refractivity contribution in [2.24, 2.45) is 5.92 Å². The molecule has 2 unspecified atom stereocenters. The molecule has 0 spiro atoms. The predicted molar refractivity (Wildman–Crippen MR) is 59.9 cm³/mol. The normalized spacial score (nSPS) is 32.6. The average Bonchev–Trinajstić information content (AvgIpc) is 2.12. The summed E-state index contributed by atoms with van der Waals surface area (Å²) in [5.41, 5.74) is -0.783. The van der Waals surface area contributed by atoms with E-state index < -0.39 is 5.60 Å². The van der Waals surface area contributed by atoms with E-state index >= 15 is 0 Å². The lowest BCUT2D eigenvalue weighted by molar-refractivity contribution is -0.165. The van der Waals surface area contributed by atoms with Gasteiger partial charge in [-0.3, -0.25) is 0 Å². The van der Waals surface area contributed by atoms with Gasteiger partial charge in [-0.15, -0.1) is 0 Å². The van der Waals surface area contributed by atoms with Crippen LogP contribution in [0.5, 0.6) is 0 Å². The molecule has 1 aliphatic heterocycles. The maximum atomic E-state index is 10.6. The second kappa shape index (κ2) is 4.81. The summed E-state index contributed by atoms with van der Waals surface area (Å²) >= 11 is 0. The zero-order valence-electron chi connectivity index (χ0n) is 10.4. The van der Waals surface area contributed by atoms with Crippen LogP contribution in [0.15, 0.2) is 0 Å². The topological polar surface area (TPSA) is 38.7 Å². The van der Waals surface area contributed by atoms with Gasteiger partial charge < -0.3 is 14.6 Å². The van der Waals surface area contributed by atoms with Gasteiger partial charge in [-0.2, -0.15) is 0 Å². The van der Waals surface area contributed by atoms with Crippen LogP contribution in [0.1, 0.15) is 40.0 Å². The molecule has 1 aliphatic rings. The van der Waals surface area contributed by atoms with Gasteiger partial charge in [-0.25, -0.2) is 0 Å². The molecule has 1 N–H and O–H groups in total. The molecule has 3 heteroatoms. The molecule has 2 atom stereocenters. The number of ether oxygens (including phenoxy) is 2. The Morgan fingerprint density at radius 2 is 2.13 bits per heavy atom. The van der Waals surface area contributed by atoms with Crippen LogP contribution < -0.4 is 0 Å². The fourth-order valence-electron chi connectivity index (χ4n) is 2.36. The second-order valence-corrected chi connectivity index (χ2v) is 5.32. The minimum absolute atomic E-state index is 0.200. The smallest absolute Gasteiger partial charge is 0.0723 e. The van der Waals surface area contributed by atoms with Gasteiger partial charge in [0, 0.05) is 20.1 Å². The predicted octanol–water partition coefficient (Wildman–Crippen LogP) is 1.98. The molecule has 0 amide bonds. The highest BCUT2D eigenvalue weighted by molar-refractivity contribution is 4.93. The van der Waals surface area contributed by atoms with Crippen molar-refractivity contribution in [3.8, 4) is 0 Å². The molecule has 0 aliphatic carbocycles. The lowest BCUT2D eigenvalue weighted by atomic mass is 9.75. The van der Waals surface area contributed by atoms with Crippen molar-refractivity contribution in [3.05, 3.63) is 0 Å². The standard InChI is InChI=1S/C12H24O3/c1-10(5-7-14-4)12(13)6-8-15-11(2,3)9-12/h10,13H,5-9H2,1-4H3. The van der Waals surface area contributed by atoms with Crippen LogP contribution in [-0.4, -0.2) is 36.6 Å². The molecule has 0 aromatic carbocycles. The summed E-state index contributed by atoms with van der Waals surface area (Å²) in [5.74, 6) is 0.264. The Kier molecular flexibility index (Phi) is 4.15. The van der Waals surface area contributed by atoms with Crippen molar-refractivity contribution < 1.29 is 14.6 Å². The van der Waals surface area contributed by atoms with Gasteiger partial charge in [0.15, 0.2) is 0 Å². The third kappa shape index (κ3) is 3.44. The monoisotopic (exact) mass is 216 g/mol. The minimum Gasteiger partial charge on any atom is -0.389 e. The SMILES string of the molecule is COCCC(C)C1(O)CCOC(C)(C)C1.